The van der Waals surface area contributed by atoms with Gasteiger partial charge in [-0.1, -0.05) is 25.1 Å². The lowest BCUT2D eigenvalue weighted by Crippen LogP contribution is -2.05. The van der Waals surface area contributed by atoms with Crippen LogP contribution in [0.2, 0.25) is 0 Å². The molecule has 0 atom stereocenters. The molecule has 0 saturated carbocycles. The van der Waals surface area contributed by atoms with Gasteiger partial charge in [-0.3, -0.25) is 0 Å². The van der Waals surface area contributed by atoms with Crippen LogP contribution in [-0.2, 0) is 16.3 Å². The molecule has 0 fully saturated rings. The van der Waals surface area contributed by atoms with E-state index in [0.717, 1.165) is 12.1 Å². The highest BCUT2D eigenvalue weighted by Crippen LogP contribution is 2.30. The van der Waals surface area contributed by atoms with Gasteiger partial charge in [-0.05, 0) is 24.6 Å². The second-order valence-electron chi connectivity index (χ2n) is 4.78. The fourth-order valence-corrected chi connectivity index (χ4v) is 3.80. The highest BCUT2D eigenvalue weighted by Gasteiger charge is 2.28. The number of nitrogens with zero attached hydrogens (tertiary/aromatic N) is 3. The van der Waals surface area contributed by atoms with Crippen LogP contribution in [-0.4, -0.2) is 30.1 Å². The summed E-state index contributed by atoms with van der Waals surface area (Å²) in [6, 6.07) is 10.1. The van der Waals surface area contributed by atoms with Gasteiger partial charge in [0.25, 0.3) is 0 Å². The first-order chi connectivity index (χ1) is 10.6. The first kappa shape index (κ1) is 14.5. The van der Waals surface area contributed by atoms with Crippen molar-refractivity contribution in [1.82, 2.24) is 14.6 Å². The molecule has 114 valence electrons. The molecule has 0 saturated heterocycles. The van der Waals surface area contributed by atoms with Crippen LogP contribution in [0.15, 0.2) is 52.4 Å². The van der Waals surface area contributed by atoms with Crippen molar-refractivity contribution in [3.05, 3.63) is 48.3 Å². The molecule has 2 heterocycles. The lowest BCUT2D eigenvalue weighted by Gasteiger charge is -2.05. The lowest BCUT2D eigenvalue weighted by atomic mass is 10.3. The summed E-state index contributed by atoms with van der Waals surface area (Å²) < 4.78 is 27.4. The maximum Gasteiger partial charge on any atom is 0.214 e. The van der Waals surface area contributed by atoms with E-state index < -0.39 is 9.84 Å². The molecule has 3 rings (SSSR count). The minimum absolute atomic E-state index is 0.108. The quantitative estimate of drug-likeness (QED) is 0.798. The van der Waals surface area contributed by atoms with Crippen molar-refractivity contribution in [2.75, 3.05) is 12.4 Å². The third-order valence-corrected chi connectivity index (χ3v) is 5.23. The molecule has 0 aliphatic heterocycles. The third-order valence-electron chi connectivity index (χ3n) is 3.42. The Morgan fingerprint density at radius 1 is 1.18 bits per heavy atom. The molecule has 0 aliphatic carbocycles. The average Bonchev–Trinajstić information content (AvgIpc) is 2.93. The van der Waals surface area contributed by atoms with Crippen LogP contribution in [0, 0.1) is 0 Å². The number of sulfone groups is 1. The molecular formula is C15H16N4O2S. The van der Waals surface area contributed by atoms with Crippen LogP contribution in [0.1, 0.15) is 12.6 Å². The largest absolute Gasteiger partial charge is 0.370 e. The summed E-state index contributed by atoms with van der Waals surface area (Å²) in [6.07, 6.45) is 2.45. The molecule has 0 spiro atoms. The number of fused-ring (bicyclic) bond motifs is 1. The third kappa shape index (κ3) is 2.23. The van der Waals surface area contributed by atoms with Crippen LogP contribution in [0.4, 0.5) is 5.82 Å². The van der Waals surface area contributed by atoms with Gasteiger partial charge in [0, 0.05) is 18.9 Å². The minimum atomic E-state index is -3.70. The summed E-state index contributed by atoms with van der Waals surface area (Å²) in [6.45, 7) is 1.97. The topological polar surface area (TPSA) is 76.4 Å². The summed E-state index contributed by atoms with van der Waals surface area (Å²) in [7, 11) is -2.05. The van der Waals surface area contributed by atoms with Crippen LogP contribution in [0.3, 0.4) is 0 Å². The number of hydrogen-bond acceptors (Lipinski definition) is 5. The fourth-order valence-electron chi connectivity index (χ4n) is 2.27. The number of anilines is 1. The first-order valence-corrected chi connectivity index (χ1v) is 8.42. The smallest absolute Gasteiger partial charge is 0.214 e. The van der Waals surface area contributed by atoms with Crippen molar-refractivity contribution in [2.45, 2.75) is 23.1 Å². The molecular weight excluding hydrogens is 300 g/mol. The normalized spacial score (nSPS) is 11.7. The number of rotatable bonds is 4. The number of aromatic nitrogens is 3. The van der Waals surface area contributed by atoms with E-state index in [1.54, 1.807) is 43.6 Å². The van der Waals surface area contributed by atoms with E-state index in [0.29, 0.717) is 11.5 Å². The van der Waals surface area contributed by atoms with Gasteiger partial charge >= 0.3 is 0 Å². The number of hydrogen-bond donors (Lipinski definition) is 1. The Kier molecular flexibility index (Phi) is 3.58. The van der Waals surface area contributed by atoms with Gasteiger partial charge < -0.3 is 5.32 Å². The Balaban J connectivity index is 2.33. The average molecular weight is 316 g/mol. The van der Waals surface area contributed by atoms with Crippen LogP contribution >= 0.6 is 0 Å². The molecule has 0 radical (unpaired) electrons. The Morgan fingerprint density at radius 2 is 1.91 bits per heavy atom. The zero-order chi connectivity index (χ0) is 15.7. The Hall–Kier alpha value is -2.41. The second-order valence-corrected chi connectivity index (χ2v) is 6.67. The Labute approximate surface area is 128 Å². The number of aryl methyl sites for hydroxylation is 1. The molecule has 7 heteroatoms. The van der Waals surface area contributed by atoms with Crippen molar-refractivity contribution in [3.63, 3.8) is 0 Å². The van der Waals surface area contributed by atoms with E-state index in [1.807, 2.05) is 13.0 Å². The highest BCUT2D eigenvalue weighted by molar-refractivity contribution is 7.91. The SMILES string of the molecule is CCc1ccn2nc(NC)c(S(=O)(=O)c3ccccc3)c2n1. The lowest BCUT2D eigenvalue weighted by molar-refractivity contribution is 0.597. The highest BCUT2D eigenvalue weighted by atomic mass is 32.2. The van der Waals surface area contributed by atoms with Crippen LogP contribution < -0.4 is 5.32 Å². The monoisotopic (exact) mass is 316 g/mol. The second kappa shape index (κ2) is 5.42. The van der Waals surface area contributed by atoms with E-state index in [-0.39, 0.29) is 9.79 Å². The van der Waals surface area contributed by atoms with Gasteiger partial charge in [-0.25, -0.2) is 17.9 Å². The predicted molar refractivity (Wildman–Crippen MR) is 83.8 cm³/mol. The summed E-state index contributed by atoms with van der Waals surface area (Å²) in [4.78, 5) is 4.77. The maximum absolute atomic E-state index is 13.0. The van der Waals surface area contributed by atoms with Crippen molar-refractivity contribution in [1.29, 1.82) is 0 Å². The fraction of sp³-hybridized carbons (Fsp3) is 0.200. The van der Waals surface area contributed by atoms with Crippen molar-refractivity contribution in [2.24, 2.45) is 0 Å². The predicted octanol–water partition coefficient (Wildman–Crippen LogP) is 2.17. The van der Waals surface area contributed by atoms with E-state index in [9.17, 15) is 8.42 Å². The molecule has 1 N–H and O–H groups in total. The van der Waals surface area contributed by atoms with Gasteiger partial charge in [-0.2, -0.15) is 0 Å². The molecule has 3 aromatic rings. The van der Waals surface area contributed by atoms with Crippen molar-refractivity contribution >= 4 is 21.3 Å². The molecule has 0 unspecified atom stereocenters. The summed E-state index contributed by atoms with van der Waals surface area (Å²) in [5, 5.41) is 7.11. The standard InChI is InChI=1S/C15H16N4O2S/c1-3-11-9-10-19-15(17-11)13(14(16-2)18-19)22(20,21)12-7-5-4-6-8-12/h4-10H,3H2,1-2H3,(H,16,18). The summed E-state index contributed by atoms with van der Waals surface area (Å²) >= 11 is 0. The molecule has 6 nitrogen and oxygen atoms in total. The van der Waals surface area contributed by atoms with Crippen LogP contribution in [0.25, 0.3) is 5.65 Å². The van der Waals surface area contributed by atoms with Gasteiger partial charge in [-0.15, -0.1) is 5.10 Å². The zero-order valence-electron chi connectivity index (χ0n) is 12.3. The first-order valence-electron chi connectivity index (χ1n) is 6.94. The Morgan fingerprint density at radius 3 is 2.55 bits per heavy atom. The minimum Gasteiger partial charge on any atom is -0.370 e. The molecule has 0 amide bonds. The summed E-state index contributed by atoms with van der Waals surface area (Å²) in [5.41, 5.74) is 1.16. The van der Waals surface area contributed by atoms with Gasteiger partial charge in [0.05, 0.1) is 4.90 Å². The summed E-state index contributed by atoms with van der Waals surface area (Å²) in [5.74, 6) is 0.296. The van der Waals surface area contributed by atoms with Crippen LogP contribution in [0.5, 0.6) is 0 Å². The van der Waals surface area contributed by atoms with E-state index in [4.69, 9.17) is 0 Å². The van der Waals surface area contributed by atoms with Gasteiger partial charge in [0.2, 0.25) is 9.84 Å². The molecule has 2 aromatic heterocycles. The number of benzene rings is 1. The molecule has 0 bridgehead atoms. The van der Waals surface area contributed by atoms with Gasteiger partial charge in [0.15, 0.2) is 16.4 Å². The molecule has 22 heavy (non-hydrogen) atoms. The van der Waals surface area contributed by atoms with Gasteiger partial charge in [0.1, 0.15) is 0 Å². The van der Waals surface area contributed by atoms with E-state index in [2.05, 4.69) is 15.4 Å². The molecule has 0 aliphatic rings. The van der Waals surface area contributed by atoms with E-state index >= 15 is 0 Å². The van der Waals surface area contributed by atoms with Crippen molar-refractivity contribution < 1.29 is 8.42 Å². The number of nitrogens with one attached hydrogen (secondary N) is 1. The van der Waals surface area contributed by atoms with E-state index in [1.165, 1.54) is 4.52 Å². The Bertz CT molecular complexity index is 917. The molecule has 1 aromatic carbocycles. The van der Waals surface area contributed by atoms with Crippen molar-refractivity contribution in [3.8, 4) is 0 Å². The maximum atomic E-state index is 13.0. The zero-order valence-corrected chi connectivity index (χ0v) is 13.1.